The van der Waals surface area contributed by atoms with Crippen molar-refractivity contribution in [1.82, 2.24) is 4.57 Å². The monoisotopic (exact) mass is 346 g/mol. The van der Waals surface area contributed by atoms with Gasteiger partial charge in [0, 0.05) is 23.7 Å². The van der Waals surface area contributed by atoms with Gasteiger partial charge in [-0.2, -0.15) is 0 Å². The van der Waals surface area contributed by atoms with Crippen LogP contribution in [0, 0.1) is 12.7 Å². The molecule has 0 amide bonds. The van der Waals surface area contributed by atoms with E-state index >= 15 is 0 Å². The Morgan fingerprint density at radius 1 is 1.33 bits per heavy atom. The van der Waals surface area contributed by atoms with Crippen LogP contribution < -0.4 is 10.5 Å². The molecule has 0 aliphatic carbocycles. The molecule has 0 aliphatic rings. The summed E-state index contributed by atoms with van der Waals surface area (Å²) in [5.41, 5.74) is 6.79. The zero-order chi connectivity index (χ0) is 17.3. The van der Waals surface area contributed by atoms with E-state index < -0.39 is 5.82 Å². The predicted octanol–water partition coefficient (Wildman–Crippen LogP) is 3.74. The number of nitrogens with two attached hydrogens (primary N) is 1. The third kappa shape index (κ3) is 2.95. The lowest BCUT2D eigenvalue weighted by molar-refractivity contribution is 0.103. The predicted molar refractivity (Wildman–Crippen MR) is 94.6 cm³/mol. The topological polar surface area (TPSA) is 57.2 Å². The first-order valence-electron chi connectivity index (χ1n) is 7.73. The van der Waals surface area contributed by atoms with E-state index in [1.165, 1.54) is 30.6 Å². The summed E-state index contributed by atoms with van der Waals surface area (Å²) < 4.78 is 21.3. The first-order valence-corrected chi connectivity index (χ1v) is 8.54. The smallest absolute Gasteiger partial charge is 0.205 e. The number of aryl methyl sites for hydroxylation is 2. The first kappa shape index (κ1) is 16.7. The van der Waals surface area contributed by atoms with E-state index in [0.717, 1.165) is 28.9 Å². The lowest BCUT2D eigenvalue weighted by Crippen LogP contribution is -2.06. The number of thiophene rings is 1. The Morgan fingerprint density at radius 3 is 2.79 bits per heavy atom. The van der Waals surface area contributed by atoms with Crippen molar-refractivity contribution in [2.24, 2.45) is 5.73 Å². The van der Waals surface area contributed by atoms with E-state index in [1.807, 2.05) is 19.1 Å². The highest BCUT2D eigenvalue weighted by molar-refractivity contribution is 7.20. The number of ketones is 1. The highest BCUT2D eigenvalue weighted by Gasteiger charge is 2.19. The molecule has 4 nitrogen and oxygen atoms in total. The van der Waals surface area contributed by atoms with E-state index in [1.54, 1.807) is 6.07 Å². The Labute approximate surface area is 143 Å². The minimum absolute atomic E-state index is 0.0601. The minimum Gasteiger partial charge on any atom is -0.497 e. The Hall–Kier alpha value is -2.18. The Morgan fingerprint density at radius 2 is 2.12 bits per heavy atom. The number of halogens is 1. The zero-order valence-corrected chi connectivity index (χ0v) is 14.5. The van der Waals surface area contributed by atoms with Gasteiger partial charge in [0.1, 0.15) is 16.4 Å². The second-order valence-corrected chi connectivity index (χ2v) is 6.66. The molecular formula is C18H19FN2O2S. The summed E-state index contributed by atoms with van der Waals surface area (Å²) in [7, 11) is 1.46. The van der Waals surface area contributed by atoms with Gasteiger partial charge in [-0.3, -0.25) is 4.79 Å². The number of carbonyl (C=O) groups excluding carboxylic acids is 1. The normalized spacial score (nSPS) is 11.2. The van der Waals surface area contributed by atoms with Gasteiger partial charge in [-0.25, -0.2) is 4.39 Å². The quantitative estimate of drug-likeness (QED) is 0.692. The molecule has 0 saturated carbocycles. The van der Waals surface area contributed by atoms with Crippen molar-refractivity contribution in [3.05, 3.63) is 52.3 Å². The molecule has 0 saturated heterocycles. The van der Waals surface area contributed by atoms with Crippen molar-refractivity contribution in [1.29, 1.82) is 0 Å². The number of aromatic nitrogens is 1. The zero-order valence-electron chi connectivity index (χ0n) is 13.6. The summed E-state index contributed by atoms with van der Waals surface area (Å²) in [5, 5.41) is 1.01. The summed E-state index contributed by atoms with van der Waals surface area (Å²) >= 11 is 1.39. The van der Waals surface area contributed by atoms with Gasteiger partial charge in [-0.05, 0) is 44.2 Å². The van der Waals surface area contributed by atoms with Crippen molar-refractivity contribution in [3.63, 3.8) is 0 Å². The number of ether oxygens (including phenoxy) is 1. The molecule has 0 aliphatic heterocycles. The van der Waals surface area contributed by atoms with Crippen LogP contribution in [0.1, 0.15) is 27.3 Å². The van der Waals surface area contributed by atoms with Gasteiger partial charge in [0.15, 0.2) is 0 Å². The maximum Gasteiger partial charge on any atom is 0.205 e. The second-order valence-electron chi connectivity index (χ2n) is 5.63. The summed E-state index contributed by atoms with van der Waals surface area (Å²) in [6, 6.07) is 8.16. The van der Waals surface area contributed by atoms with Crippen molar-refractivity contribution in [3.8, 4) is 5.75 Å². The molecule has 0 unspecified atom stereocenters. The first-order chi connectivity index (χ1) is 11.5. The van der Waals surface area contributed by atoms with Crippen LogP contribution in [-0.2, 0) is 6.54 Å². The number of methoxy groups -OCH3 is 1. The van der Waals surface area contributed by atoms with Crippen LogP contribution in [0.2, 0.25) is 0 Å². The molecule has 0 bridgehead atoms. The van der Waals surface area contributed by atoms with Gasteiger partial charge in [0.2, 0.25) is 5.78 Å². The lowest BCUT2D eigenvalue weighted by Gasteiger charge is -2.06. The van der Waals surface area contributed by atoms with Crippen molar-refractivity contribution < 1.29 is 13.9 Å². The van der Waals surface area contributed by atoms with E-state index in [2.05, 4.69) is 4.57 Å². The largest absolute Gasteiger partial charge is 0.497 e. The summed E-state index contributed by atoms with van der Waals surface area (Å²) in [5.74, 6) is -0.483. The van der Waals surface area contributed by atoms with Crippen LogP contribution in [0.15, 0.2) is 30.3 Å². The van der Waals surface area contributed by atoms with Crippen molar-refractivity contribution >= 4 is 27.3 Å². The van der Waals surface area contributed by atoms with Crippen LogP contribution in [-0.4, -0.2) is 24.0 Å². The number of hydrogen-bond donors (Lipinski definition) is 1. The van der Waals surface area contributed by atoms with Crippen LogP contribution in [0.3, 0.4) is 0 Å². The number of hydrogen-bond acceptors (Lipinski definition) is 4. The molecule has 6 heteroatoms. The van der Waals surface area contributed by atoms with Gasteiger partial charge in [0.25, 0.3) is 0 Å². The lowest BCUT2D eigenvalue weighted by atomic mass is 10.1. The van der Waals surface area contributed by atoms with E-state index in [-0.39, 0.29) is 11.3 Å². The SMILES string of the molecule is COc1ccc(C(=O)c2cc3cc(C)n(CCCN)c3s2)c(F)c1. The third-order valence-corrected chi connectivity index (χ3v) is 5.18. The maximum absolute atomic E-state index is 14.1. The molecule has 1 aromatic carbocycles. The number of carbonyl (C=O) groups is 1. The van der Waals surface area contributed by atoms with Crippen LogP contribution in [0.5, 0.6) is 5.75 Å². The molecule has 24 heavy (non-hydrogen) atoms. The maximum atomic E-state index is 14.1. The summed E-state index contributed by atoms with van der Waals surface area (Å²) in [6.07, 6.45) is 0.874. The molecule has 0 fully saturated rings. The molecule has 3 aromatic rings. The van der Waals surface area contributed by atoms with Crippen LogP contribution in [0.4, 0.5) is 4.39 Å². The molecule has 2 N–H and O–H groups in total. The average Bonchev–Trinajstić information content (AvgIpc) is 3.09. The number of nitrogens with zero attached hydrogens (tertiary/aromatic N) is 1. The fraction of sp³-hybridized carbons (Fsp3) is 0.278. The summed E-state index contributed by atoms with van der Waals surface area (Å²) in [6.45, 7) is 3.47. The third-order valence-electron chi connectivity index (χ3n) is 4.01. The van der Waals surface area contributed by atoms with Crippen molar-refractivity contribution in [2.45, 2.75) is 19.9 Å². The molecule has 0 atom stereocenters. The highest BCUT2D eigenvalue weighted by Crippen LogP contribution is 2.31. The standard InChI is InChI=1S/C18H19FN2O2S/c1-11-8-12-9-16(24-18(12)21(11)7-3-6-20)17(22)14-5-4-13(23-2)10-15(14)19/h4-5,8-10H,3,6-7,20H2,1-2H3. The Bertz CT molecular complexity index is 898. The summed E-state index contributed by atoms with van der Waals surface area (Å²) in [4.78, 5) is 14.2. The molecular weight excluding hydrogens is 327 g/mol. The Balaban J connectivity index is 1.97. The molecule has 0 radical (unpaired) electrons. The van der Waals surface area contributed by atoms with Crippen LogP contribution in [0.25, 0.3) is 10.2 Å². The number of fused-ring (bicyclic) bond motifs is 1. The van der Waals surface area contributed by atoms with Crippen LogP contribution >= 0.6 is 11.3 Å². The molecule has 3 rings (SSSR count). The van der Waals surface area contributed by atoms with E-state index in [9.17, 15) is 9.18 Å². The molecule has 126 valence electrons. The minimum atomic E-state index is -0.570. The molecule has 2 heterocycles. The van der Waals surface area contributed by atoms with Crippen molar-refractivity contribution in [2.75, 3.05) is 13.7 Å². The van der Waals surface area contributed by atoms with Gasteiger partial charge in [-0.1, -0.05) is 0 Å². The van der Waals surface area contributed by atoms with Gasteiger partial charge < -0.3 is 15.0 Å². The molecule has 2 aromatic heterocycles. The van der Waals surface area contributed by atoms with Gasteiger partial charge in [0.05, 0.1) is 17.6 Å². The van der Waals surface area contributed by atoms with E-state index in [4.69, 9.17) is 10.5 Å². The second kappa shape index (κ2) is 6.75. The van der Waals surface area contributed by atoms with E-state index in [0.29, 0.717) is 17.2 Å². The fourth-order valence-electron chi connectivity index (χ4n) is 2.75. The van der Waals surface area contributed by atoms with Gasteiger partial charge in [-0.15, -0.1) is 11.3 Å². The van der Waals surface area contributed by atoms with Gasteiger partial charge >= 0.3 is 0 Å². The average molecular weight is 346 g/mol. The number of rotatable bonds is 6. The number of benzene rings is 1. The Kier molecular flexibility index (Phi) is 4.69. The highest BCUT2D eigenvalue weighted by atomic mass is 32.1. The fourth-order valence-corrected chi connectivity index (χ4v) is 3.93. The molecule has 0 spiro atoms.